The number of nitrogens with zero attached hydrogens (tertiary/aromatic N) is 3. The van der Waals surface area contributed by atoms with Crippen molar-refractivity contribution in [3.8, 4) is 0 Å². The van der Waals surface area contributed by atoms with E-state index in [0.29, 0.717) is 10.1 Å². The summed E-state index contributed by atoms with van der Waals surface area (Å²) in [7, 11) is 1.77. The Labute approximate surface area is 204 Å². The molecule has 160 valence electrons. The van der Waals surface area contributed by atoms with Crippen molar-refractivity contribution in [3.05, 3.63) is 87.2 Å². The molecule has 1 fully saturated rings. The zero-order valence-corrected chi connectivity index (χ0v) is 20.8. The number of amides is 1. The van der Waals surface area contributed by atoms with Crippen molar-refractivity contribution in [1.82, 2.24) is 4.90 Å². The highest BCUT2D eigenvalue weighted by molar-refractivity contribution is 9.10. The third kappa shape index (κ3) is 3.89. The fourth-order valence-electron chi connectivity index (χ4n) is 3.72. The molecule has 5 rings (SSSR count). The maximum Gasteiger partial charge on any atom is 0.266 e. The Morgan fingerprint density at radius 3 is 2.56 bits per heavy atom. The van der Waals surface area contributed by atoms with Crippen molar-refractivity contribution in [2.45, 2.75) is 11.8 Å². The van der Waals surface area contributed by atoms with Crippen LogP contribution in [0.4, 0.5) is 11.4 Å². The molecule has 1 saturated heterocycles. The minimum Gasteiger partial charge on any atom is -0.335 e. The van der Waals surface area contributed by atoms with E-state index < -0.39 is 0 Å². The van der Waals surface area contributed by atoms with Gasteiger partial charge in [0.05, 0.1) is 21.3 Å². The lowest BCUT2D eigenvalue weighted by Gasteiger charge is -2.17. The van der Waals surface area contributed by atoms with E-state index in [0.717, 1.165) is 21.7 Å². The standard InChI is InChI=1S/C25H20BrN3OS2/c1-3-29-20-13-8-16-6-4-5-7-19(16)23(20)32-22(29)15-14-21-24(30)28(2)25(31-21)27-18-11-9-17(26)10-12-18/h4-15H,3H2,1-2H3. The van der Waals surface area contributed by atoms with E-state index >= 15 is 0 Å². The molecule has 0 unspecified atom stereocenters. The molecule has 3 aromatic rings. The summed E-state index contributed by atoms with van der Waals surface area (Å²) in [5, 5.41) is 4.31. The van der Waals surface area contributed by atoms with Crippen molar-refractivity contribution < 1.29 is 4.79 Å². The van der Waals surface area contributed by atoms with Gasteiger partial charge in [0, 0.05) is 23.0 Å². The zero-order chi connectivity index (χ0) is 22.2. The van der Waals surface area contributed by atoms with Gasteiger partial charge in [-0.25, -0.2) is 4.99 Å². The number of amidine groups is 1. The molecule has 4 nitrogen and oxygen atoms in total. The number of rotatable bonds is 3. The second-order valence-corrected chi connectivity index (χ2v) is 10.3. The van der Waals surface area contributed by atoms with Crippen molar-refractivity contribution in [3.63, 3.8) is 0 Å². The topological polar surface area (TPSA) is 35.9 Å². The van der Waals surface area contributed by atoms with Gasteiger partial charge in [-0.1, -0.05) is 58.0 Å². The molecular formula is C25H20BrN3OS2. The predicted molar refractivity (Wildman–Crippen MR) is 141 cm³/mol. The quantitative estimate of drug-likeness (QED) is 0.342. The second kappa shape index (κ2) is 8.81. The number of carbonyl (C=O) groups is 1. The summed E-state index contributed by atoms with van der Waals surface area (Å²) in [6.45, 7) is 3.02. The lowest BCUT2D eigenvalue weighted by Crippen LogP contribution is -2.23. The Kier molecular flexibility index (Phi) is 5.88. The molecule has 0 radical (unpaired) electrons. The molecule has 2 aliphatic heterocycles. The number of allylic oxidation sites excluding steroid dienone is 2. The SMILES string of the molecule is CCN1C(=CC=C2SC(=Nc3ccc(Br)cc3)N(C)C2=O)Sc2c1ccc1ccccc21. The largest absolute Gasteiger partial charge is 0.335 e. The molecular weight excluding hydrogens is 502 g/mol. The van der Waals surface area contributed by atoms with Crippen LogP contribution in [0, 0.1) is 0 Å². The first-order chi connectivity index (χ1) is 15.5. The first kappa shape index (κ1) is 21.4. The molecule has 0 aliphatic carbocycles. The van der Waals surface area contributed by atoms with E-state index in [1.54, 1.807) is 23.7 Å². The fraction of sp³-hybridized carbons (Fsp3) is 0.120. The Hall–Kier alpha value is -2.48. The van der Waals surface area contributed by atoms with E-state index in [1.165, 1.54) is 33.1 Å². The van der Waals surface area contributed by atoms with Crippen LogP contribution < -0.4 is 4.90 Å². The van der Waals surface area contributed by atoms with Crippen LogP contribution >= 0.6 is 39.5 Å². The molecule has 2 heterocycles. The lowest BCUT2D eigenvalue weighted by molar-refractivity contribution is -0.121. The van der Waals surface area contributed by atoms with Gasteiger partial charge in [0.1, 0.15) is 0 Å². The highest BCUT2D eigenvalue weighted by Crippen LogP contribution is 2.49. The molecule has 2 aliphatic rings. The molecule has 0 aromatic heterocycles. The lowest BCUT2D eigenvalue weighted by atomic mass is 10.1. The van der Waals surface area contributed by atoms with Gasteiger partial charge in [0.15, 0.2) is 5.17 Å². The summed E-state index contributed by atoms with van der Waals surface area (Å²) in [5.74, 6) is -0.0308. The van der Waals surface area contributed by atoms with Crippen molar-refractivity contribution >= 4 is 72.7 Å². The van der Waals surface area contributed by atoms with Gasteiger partial charge in [0.2, 0.25) is 0 Å². The van der Waals surface area contributed by atoms with Crippen molar-refractivity contribution in [2.24, 2.45) is 4.99 Å². The van der Waals surface area contributed by atoms with Gasteiger partial charge >= 0.3 is 0 Å². The minimum absolute atomic E-state index is 0.0308. The summed E-state index contributed by atoms with van der Waals surface area (Å²) in [6.07, 6.45) is 3.98. The van der Waals surface area contributed by atoms with Crippen LogP contribution in [0.3, 0.4) is 0 Å². The number of halogens is 1. The average molecular weight is 522 g/mol. The third-order valence-electron chi connectivity index (χ3n) is 5.37. The number of carbonyl (C=O) groups excluding carboxylic acids is 1. The van der Waals surface area contributed by atoms with Crippen LogP contribution in [0.1, 0.15) is 6.92 Å². The Morgan fingerprint density at radius 2 is 1.78 bits per heavy atom. The molecule has 0 N–H and O–H groups in total. The third-order valence-corrected chi connectivity index (χ3v) is 8.18. The first-order valence-corrected chi connectivity index (χ1v) is 12.7. The molecule has 3 aromatic carbocycles. The molecule has 0 bridgehead atoms. The van der Waals surface area contributed by atoms with Gasteiger partial charge in [-0.15, -0.1) is 0 Å². The Morgan fingerprint density at radius 1 is 1.00 bits per heavy atom. The van der Waals surface area contributed by atoms with Crippen molar-refractivity contribution in [1.29, 1.82) is 0 Å². The summed E-state index contributed by atoms with van der Waals surface area (Å²) >= 11 is 6.61. The van der Waals surface area contributed by atoms with Crippen LogP contribution in [-0.4, -0.2) is 29.6 Å². The number of likely N-dealkylation sites (N-methyl/N-ethyl adjacent to an activating group) is 1. The summed E-state index contributed by atoms with van der Waals surface area (Å²) in [4.78, 5) is 23.3. The number of anilines is 1. The fourth-order valence-corrected chi connectivity index (χ4v) is 6.17. The van der Waals surface area contributed by atoms with Crippen LogP contribution in [-0.2, 0) is 4.79 Å². The highest BCUT2D eigenvalue weighted by atomic mass is 79.9. The average Bonchev–Trinajstić information content (AvgIpc) is 3.31. The normalized spacial score (nSPS) is 19.7. The molecule has 1 amide bonds. The first-order valence-electron chi connectivity index (χ1n) is 10.2. The Bertz CT molecular complexity index is 1310. The van der Waals surface area contributed by atoms with Crippen LogP contribution in [0.25, 0.3) is 10.8 Å². The monoisotopic (exact) mass is 521 g/mol. The van der Waals surface area contributed by atoms with Gasteiger partial charge < -0.3 is 4.90 Å². The predicted octanol–water partition coefficient (Wildman–Crippen LogP) is 7.15. The number of benzene rings is 3. The van der Waals surface area contributed by atoms with Gasteiger partial charge in [0.25, 0.3) is 5.91 Å². The number of fused-ring (bicyclic) bond motifs is 3. The number of hydrogen-bond donors (Lipinski definition) is 0. The molecule has 0 saturated carbocycles. The van der Waals surface area contributed by atoms with Crippen LogP contribution in [0.2, 0.25) is 0 Å². The second-order valence-electron chi connectivity index (χ2n) is 7.35. The van der Waals surface area contributed by atoms with E-state index in [2.05, 4.69) is 75.2 Å². The van der Waals surface area contributed by atoms with Crippen LogP contribution in [0.15, 0.2) is 97.1 Å². The number of hydrogen-bond acceptors (Lipinski definition) is 5. The van der Waals surface area contributed by atoms with E-state index in [1.807, 2.05) is 30.3 Å². The summed E-state index contributed by atoms with van der Waals surface area (Å²) in [5.41, 5.74) is 2.04. The Balaban J connectivity index is 1.44. The summed E-state index contributed by atoms with van der Waals surface area (Å²) in [6, 6.07) is 20.6. The van der Waals surface area contributed by atoms with E-state index in [4.69, 9.17) is 0 Å². The maximum atomic E-state index is 12.8. The van der Waals surface area contributed by atoms with Gasteiger partial charge in [-0.2, -0.15) is 0 Å². The van der Waals surface area contributed by atoms with E-state index in [9.17, 15) is 4.79 Å². The zero-order valence-electron chi connectivity index (χ0n) is 17.6. The van der Waals surface area contributed by atoms with Gasteiger partial charge in [-0.05, 0) is 71.9 Å². The van der Waals surface area contributed by atoms with Crippen LogP contribution in [0.5, 0.6) is 0 Å². The highest BCUT2D eigenvalue weighted by Gasteiger charge is 2.31. The van der Waals surface area contributed by atoms with E-state index in [-0.39, 0.29) is 5.91 Å². The number of thioether (sulfide) groups is 2. The number of aliphatic imine (C=N–C) groups is 1. The summed E-state index contributed by atoms with van der Waals surface area (Å²) < 4.78 is 1.00. The molecule has 32 heavy (non-hydrogen) atoms. The minimum atomic E-state index is -0.0308. The maximum absolute atomic E-state index is 12.8. The van der Waals surface area contributed by atoms with Gasteiger partial charge in [-0.3, -0.25) is 9.69 Å². The molecule has 0 spiro atoms. The smallest absolute Gasteiger partial charge is 0.266 e. The molecule has 7 heteroatoms. The van der Waals surface area contributed by atoms with Crippen molar-refractivity contribution in [2.75, 3.05) is 18.5 Å². The molecule has 0 atom stereocenters.